The van der Waals surface area contributed by atoms with Gasteiger partial charge in [0.25, 0.3) is 0 Å². The highest BCUT2D eigenvalue weighted by atomic mass is 35.5. The molecule has 1 fully saturated rings. The second kappa shape index (κ2) is 7.30. The van der Waals surface area contributed by atoms with Crippen molar-refractivity contribution in [3.05, 3.63) is 28.8 Å². The van der Waals surface area contributed by atoms with Crippen LogP contribution in [0, 0.1) is 5.92 Å². The molecule has 1 saturated heterocycles. The molecule has 112 valence electrons. The first-order valence-corrected chi connectivity index (χ1v) is 7.85. The minimum atomic E-state index is 0.257. The molecule has 2 atom stereocenters. The minimum absolute atomic E-state index is 0.257. The molecule has 1 aliphatic rings. The van der Waals surface area contributed by atoms with Gasteiger partial charge in [0.15, 0.2) is 0 Å². The number of methoxy groups -OCH3 is 1. The summed E-state index contributed by atoms with van der Waals surface area (Å²) in [6, 6.07) is 6.26. The van der Waals surface area contributed by atoms with Crippen LogP contribution in [0.25, 0.3) is 0 Å². The lowest BCUT2D eigenvalue weighted by atomic mass is 9.93. The highest BCUT2D eigenvalue weighted by molar-refractivity contribution is 6.32. The number of hydrogen-bond acceptors (Lipinski definition) is 3. The summed E-state index contributed by atoms with van der Waals surface area (Å²) < 4.78 is 5.22. The largest absolute Gasteiger partial charge is 0.495 e. The predicted molar refractivity (Wildman–Crippen MR) is 84.4 cm³/mol. The number of hydrogen-bond donors (Lipinski definition) is 1. The molecule has 1 aromatic rings. The van der Waals surface area contributed by atoms with Crippen LogP contribution in [0.15, 0.2) is 18.2 Å². The van der Waals surface area contributed by atoms with Crippen LogP contribution in [-0.2, 0) is 0 Å². The van der Waals surface area contributed by atoms with Crippen molar-refractivity contribution in [2.75, 3.05) is 26.7 Å². The summed E-state index contributed by atoms with van der Waals surface area (Å²) in [6.07, 6.45) is 3.85. The lowest BCUT2D eigenvalue weighted by Gasteiger charge is -2.38. The van der Waals surface area contributed by atoms with E-state index in [1.54, 1.807) is 7.11 Å². The fraction of sp³-hybridized carbons (Fsp3) is 0.625. The van der Waals surface area contributed by atoms with Gasteiger partial charge in [-0.2, -0.15) is 0 Å². The van der Waals surface area contributed by atoms with Gasteiger partial charge in [-0.1, -0.05) is 31.0 Å². The van der Waals surface area contributed by atoms with E-state index in [4.69, 9.17) is 22.1 Å². The number of likely N-dealkylation sites (tertiary alicyclic amines) is 1. The molecule has 4 heteroatoms. The summed E-state index contributed by atoms with van der Waals surface area (Å²) in [5.41, 5.74) is 7.22. The van der Waals surface area contributed by atoms with E-state index in [0.29, 0.717) is 11.6 Å². The Bertz CT molecular complexity index is 438. The lowest BCUT2D eigenvalue weighted by Crippen LogP contribution is -2.41. The second-order valence-electron chi connectivity index (χ2n) is 5.56. The molecule has 0 radical (unpaired) electrons. The Morgan fingerprint density at radius 2 is 2.30 bits per heavy atom. The molecular weight excluding hydrogens is 272 g/mol. The van der Waals surface area contributed by atoms with Crippen molar-refractivity contribution in [1.82, 2.24) is 4.90 Å². The summed E-state index contributed by atoms with van der Waals surface area (Å²) >= 11 is 6.24. The first kappa shape index (κ1) is 15.6. The molecular formula is C16H25ClN2O. The van der Waals surface area contributed by atoms with Gasteiger partial charge in [-0.05, 0) is 43.0 Å². The van der Waals surface area contributed by atoms with E-state index in [2.05, 4.69) is 17.9 Å². The summed E-state index contributed by atoms with van der Waals surface area (Å²) in [5.74, 6) is 1.52. The number of benzene rings is 1. The number of nitrogens with two attached hydrogens (primary N) is 1. The van der Waals surface area contributed by atoms with Gasteiger partial charge in [0.1, 0.15) is 5.75 Å². The Morgan fingerprint density at radius 1 is 1.50 bits per heavy atom. The molecule has 20 heavy (non-hydrogen) atoms. The van der Waals surface area contributed by atoms with Crippen molar-refractivity contribution in [1.29, 1.82) is 0 Å². The topological polar surface area (TPSA) is 38.5 Å². The van der Waals surface area contributed by atoms with Gasteiger partial charge in [-0.3, -0.25) is 4.90 Å². The molecule has 2 N–H and O–H groups in total. The first-order valence-electron chi connectivity index (χ1n) is 7.47. The summed E-state index contributed by atoms with van der Waals surface area (Å²) in [7, 11) is 1.64. The van der Waals surface area contributed by atoms with Crippen LogP contribution >= 0.6 is 11.6 Å². The molecule has 0 aromatic heterocycles. The summed E-state index contributed by atoms with van der Waals surface area (Å²) in [4.78, 5) is 2.51. The van der Waals surface area contributed by atoms with Crippen LogP contribution in [-0.4, -0.2) is 31.6 Å². The van der Waals surface area contributed by atoms with Gasteiger partial charge in [0.2, 0.25) is 0 Å². The van der Waals surface area contributed by atoms with E-state index in [1.807, 2.05) is 12.1 Å². The van der Waals surface area contributed by atoms with Crippen molar-refractivity contribution < 1.29 is 4.74 Å². The average Bonchev–Trinajstić information content (AvgIpc) is 2.48. The number of piperidine rings is 1. The third-order valence-electron chi connectivity index (χ3n) is 4.35. The van der Waals surface area contributed by atoms with Gasteiger partial charge in [-0.25, -0.2) is 0 Å². The van der Waals surface area contributed by atoms with Gasteiger partial charge in [-0.15, -0.1) is 0 Å². The van der Waals surface area contributed by atoms with E-state index in [1.165, 1.54) is 24.8 Å². The number of rotatable bonds is 5. The van der Waals surface area contributed by atoms with Crippen LogP contribution < -0.4 is 10.5 Å². The number of ether oxygens (including phenoxy) is 1. The SMILES string of the molecule is CCC1CCCN(C(CN)c2ccc(OC)c(Cl)c2)C1. The standard InChI is InChI=1S/C16H25ClN2O/c1-3-12-5-4-8-19(11-12)15(10-18)13-6-7-16(20-2)14(17)9-13/h6-7,9,12,15H,3-5,8,10-11,18H2,1-2H3. The Kier molecular flexibility index (Phi) is 5.70. The van der Waals surface area contributed by atoms with Crippen LogP contribution in [0.1, 0.15) is 37.8 Å². The molecule has 2 rings (SSSR count). The molecule has 1 aromatic carbocycles. The summed E-state index contributed by atoms with van der Waals surface area (Å²) in [6.45, 7) is 5.17. The number of halogens is 1. The van der Waals surface area contributed by atoms with Crippen LogP contribution in [0.4, 0.5) is 0 Å². The van der Waals surface area contributed by atoms with Crippen molar-refractivity contribution in [2.45, 2.75) is 32.2 Å². The third kappa shape index (κ3) is 3.46. The Hall–Kier alpha value is -0.770. The van der Waals surface area contributed by atoms with Gasteiger partial charge in [0.05, 0.1) is 12.1 Å². The van der Waals surface area contributed by atoms with E-state index < -0.39 is 0 Å². The first-order chi connectivity index (χ1) is 9.69. The molecule has 0 bridgehead atoms. The zero-order valence-corrected chi connectivity index (χ0v) is 13.2. The van der Waals surface area contributed by atoms with Crippen molar-refractivity contribution in [2.24, 2.45) is 11.7 Å². The molecule has 0 saturated carbocycles. The van der Waals surface area contributed by atoms with Crippen LogP contribution in [0.2, 0.25) is 5.02 Å². The molecule has 3 nitrogen and oxygen atoms in total. The van der Waals surface area contributed by atoms with Crippen LogP contribution in [0.3, 0.4) is 0 Å². The van der Waals surface area contributed by atoms with Gasteiger partial charge in [0, 0.05) is 19.1 Å². The van der Waals surface area contributed by atoms with E-state index in [0.717, 1.165) is 24.8 Å². The predicted octanol–water partition coefficient (Wildman–Crippen LogP) is 3.47. The smallest absolute Gasteiger partial charge is 0.137 e. The van der Waals surface area contributed by atoms with Crippen LogP contribution in [0.5, 0.6) is 5.75 Å². The summed E-state index contributed by atoms with van der Waals surface area (Å²) in [5, 5.41) is 0.660. The number of nitrogens with zero attached hydrogens (tertiary/aromatic N) is 1. The maximum atomic E-state index is 6.24. The molecule has 2 unspecified atom stereocenters. The normalized spacial score (nSPS) is 21.7. The maximum Gasteiger partial charge on any atom is 0.137 e. The quantitative estimate of drug-likeness (QED) is 0.904. The Balaban J connectivity index is 2.16. The Morgan fingerprint density at radius 3 is 2.90 bits per heavy atom. The highest BCUT2D eigenvalue weighted by Crippen LogP contribution is 2.32. The molecule has 0 spiro atoms. The lowest BCUT2D eigenvalue weighted by molar-refractivity contribution is 0.124. The van der Waals surface area contributed by atoms with Gasteiger partial charge >= 0.3 is 0 Å². The Labute approximate surface area is 127 Å². The van der Waals surface area contributed by atoms with E-state index in [9.17, 15) is 0 Å². The monoisotopic (exact) mass is 296 g/mol. The second-order valence-corrected chi connectivity index (χ2v) is 5.96. The fourth-order valence-electron chi connectivity index (χ4n) is 3.10. The zero-order chi connectivity index (χ0) is 14.5. The van der Waals surface area contributed by atoms with E-state index >= 15 is 0 Å². The molecule has 1 aliphatic heterocycles. The van der Waals surface area contributed by atoms with Crippen molar-refractivity contribution in [3.8, 4) is 5.75 Å². The van der Waals surface area contributed by atoms with Crippen molar-refractivity contribution >= 4 is 11.6 Å². The maximum absolute atomic E-state index is 6.24. The highest BCUT2D eigenvalue weighted by Gasteiger charge is 2.25. The molecule has 0 amide bonds. The van der Waals surface area contributed by atoms with E-state index in [-0.39, 0.29) is 6.04 Å². The molecule has 1 heterocycles. The van der Waals surface area contributed by atoms with Crippen molar-refractivity contribution in [3.63, 3.8) is 0 Å². The van der Waals surface area contributed by atoms with Gasteiger partial charge < -0.3 is 10.5 Å². The third-order valence-corrected chi connectivity index (χ3v) is 4.65. The zero-order valence-electron chi connectivity index (χ0n) is 12.4. The molecule has 0 aliphatic carbocycles. The average molecular weight is 297 g/mol. The minimum Gasteiger partial charge on any atom is -0.495 e. The fourth-order valence-corrected chi connectivity index (χ4v) is 3.37.